The van der Waals surface area contributed by atoms with E-state index < -0.39 is 11.8 Å². The van der Waals surface area contributed by atoms with Gasteiger partial charge in [0.15, 0.2) is 5.82 Å². The zero-order valence-electron chi connectivity index (χ0n) is 13.8. The van der Waals surface area contributed by atoms with Crippen molar-refractivity contribution in [3.05, 3.63) is 65.0 Å². The highest BCUT2D eigenvalue weighted by atomic mass is 19.2. The van der Waals surface area contributed by atoms with Crippen LogP contribution in [0.3, 0.4) is 0 Å². The van der Waals surface area contributed by atoms with Crippen molar-refractivity contribution < 1.29 is 8.78 Å². The topological polar surface area (TPSA) is 12.9 Å². The largest absolute Gasteiger partial charge is 0.248 e. The van der Waals surface area contributed by atoms with E-state index in [4.69, 9.17) is 0 Å². The fourth-order valence-corrected chi connectivity index (χ4v) is 2.69. The van der Waals surface area contributed by atoms with Crippen LogP contribution in [-0.2, 0) is 19.3 Å². The molecule has 3 heteroatoms. The Morgan fingerprint density at radius 3 is 2.04 bits per heavy atom. The normalized spacial score (nSPS) is 10.9. The molecule has 0 fully saturated rings. The Kier molecular flexibility index (Phi) is 7.18. The first-order valence-corrected chi connectivity index (χ1v) is 8.56. The number of aryl methyl sites for hydroxylation is 3. The molecule has 0 unspecified atom stereocenters. The lowest BCUT2D eigenvalue weighted by molar-refractivity contribution is 0.477. The lowest BCUT2D eigenvalue weighted by Gasteiger charge is -2.05. The average Bonchev–Trinajstić information content (AvgIpc) is 2.57. The number of hydrogen-bond acceptors (Lipinski definition) is 1. The van der Waals surface area contributed by atoms with E-state index in [1.54, 1.807) is 0 Å². The van der Waals surface area contributed by atoms with Gasteiger partial charge < -0.3 is 0 Å². The van der Waals surface area contributed by atoms with Gasteiger partial charge in [-0.15, -0.1) is 0 Å². The van der Waals surface area contributed by atoms with Crippen molar-refractivity contribution in [2.45, 2.75) is 58.3 Å². The molecule has 0 spiro atoms. The number of nitrogens with zero attached hydrogens (tertiary/aromatic N) is 1. The van der Waals surface area contributed by atoms with Gasteiger partial charge in [-0.2, -0.15) is 4.39 Å². The van der Waals surface area contributed by atoms with Crippen LogP contribution in [0.4, 0.5) is 8.78 Å². The number of unbranched alkanes of at least 4 members (excludes halogenated alkanes) is 4. The molecule has 0 amide bonds. The van der Waals surface area contributed by atoms with Crippen LogP contribution in [0.25, 0.3) is 0 Å². The van der Waals surface area contributed by atoms with Crippen LogP contribution < -0.4 is 0 Å². The monoisotopic (exact) mass is 317 g/mol. The smallest absolute Gasteiger partial charge is 0.225 e. The second-order valence-corrected chi connectivity index (χ2v) is 6.10. The molecule has 23 heavy (non-hydrogen) atoms. The molecular weight excluding hydrogens is 292 g/mol. The third kappa shape index (κ3) is 6.09. The Balaban J connectivity index is 1.77. The van der Waals surface area contributed by atoms with Crippen LogP contribution in [-0.4, -0.2) is 4.98 Å². The lowest BCUT2D eigenvalue weighted by Crippen LogP contribution is -1.96. The van der Waals surface area contributed by atoms with Crippen molar-refractivity contribution in [1.29, 1.82) is 0 Å². The third-order valence-corrected chi connectivity index (χ3v) is 4.15. The first kappa shape index (κ1) is 17.6. The second-order valence-electron chi connectivity index (χ2n) is 6.10. The van der Waals surface area contributed by atoms with Gasteiger partial charge in [-0.25, -0.2) is 9.37 Å². The van der Waals surface area contributed by atoms with E-state index in [9.17, 15) is 8.78 Å². The molecule has 0 aliphatic heterocycles. The highest BCUT2D eigenvalue weighted by molar-refractivity contribution is 5.24. The van der Waals surface area contributed by atoms with Crippen LogP contribution in [0.1, 0.15) is 55.7 Å². The van der Waals surface area contributed by atoms with E-state index in [-0.39, 0.29) is 0 Å². The minimum Gasteiger partial charge on any atom is -0.225 e. The summed E-state index contributed by atoms with van der Waals surface area (Å²) in [5.74, 6) is -1.90. The molecule has 2 aromatic rings. The van der Waals surface area contributed by atoms with Gasteiger partial charge in [0.25, 0.3) is 0 Å². The van der Waals surface area contributed by atoms with Crippen LogP contribution in [0, 0.1) is 11.8 Å². The van der Waals surface area contributed by atoms with E-state index >= 15 is 0 Å². The fraction of sp³-hybridized carbons (Fsp3) is 0.450. The molecule has 0 saturated carbocycles. The highest BCUT2D eigenvalue weighted by Crippen LogP contribution is 2.13. The molecule has 0 atom stereocenters. The van der Waals surface area contributed by atoms with Crippen LogP contribution >= 0.6 is 0 Å². The molecule has 1 aromatic heterocycles. The molecule has 0 aliphatic rings. The maximum absolute atomic E-state index is 13.1. The number of pyridine rings is 1. The van der Waals surface area contributed by atoms with Crippen molar-refractivity contribution in [3.63, 3.8) is 0 Å². The van der Waals surface area contributed by atoms with Gasteiger partial charge in [0.2, 0.25) is 5.95 Å². The van der Waals surface area contributed by atoms with E-state index in [0.717, 1.165) is 18.4 Å². The number of aromatic nitrogens is 1. The van der Waals surface area contributed by atoms with E-state index in [1.807, 2.05) is 0 Å². The van der Waals surface area contributed by atoms with Gasteiger partial charge in [-0.3, -0.25) is 0 Å². The molecule has 1 aromatic carbocycles. The summed E-state index contributed by atoms with van der Waals surface area (Å²) in [4.78, 5) is 3.42. The van der Waals surface area contributed by atoms with Gasteiger partial charge in [-0.1, -0.05) is 56.9 Å². The maximum Gasteiger partial charge on any atom is 0.248 e. The first-order valence-electron chi connectivity index (χ1n) is 8.56. The molecule has 1 nitrogen and oxygen atoms in total. The van der Waals surface area contributed by atoms with E-state index in [1.165, 1.54) is 55.5 Å². The first-order chi connectivity index (χ1) is 11.2. The summed E-state index contributed by atoms with van der Waals surface area (Å²) >= 11 is 0. The minimum absolute atomic E-state index is 0.667. The molecule has 1 heterocycles. The lowest BCUT2D eigenvalue weighted by atomic mass is 10.0. The Morgan fingerprint density at radius 2 is 1.39 bits per heavy atom. The standard InChI is InChI=1S/C20H25F2N/c1-2-3-4-5-6-7-16-8-10-17(11-9-16)12-13-18-14-19(21)20(22)23-15-18/h8-11,14-15H,2-7,12-13H2,1H3. The van der Waals surface area contributed by atoms with Crippen LogP contribution in [0.5, 0.6) is 0 Å². The molecular formula is C20H25F2N. The summed E-state index contributed by atoms with van der Waals surface area (Å²) in [5, 5.41) is 0. The zero-order valence-corrected chi connectivity index (χ0v) is 13.8. The summed E-state index contributed by atoms with van der Waals surface area (Å²) < 4.78 is 25.9. The molecule has 124 valence electrons. The van der Waals surface area contributed by atoms with Gasteiger partial charge >= 0.3 is 0 Å². The SMILES string of the molecule is CCCCCCCc1ccc(CCc2cnc(F)c(F)c2)cc1. The van der Waals surface area contributed by atoms with E-state index in [2.05, 4.69) is 36.2 Å². The number of benzene rings is 1. The Hall–Kier alpha value is -1.77. The Bertz CT molecular complexity index is 593. The molecule has 0 radical (unpaired) electrons. The summed E-state index contributed by atoms with van der Waals surface area (Å²) in [5.41, 5.74) is 3.31. The van der Waals surface area contributed by atoms with Crippen molar-refractivity contribution in [2.75, 3.05) is 0 Å². The van der Waals surface area contributed by atoms with E-state index in [0.29, 0.717) is 6.42 Å². The number of hydrogen-bond donors (Lipinski definition) is 0. The molecule has 2 rings (SSSR count). The van der Waals surface area contributed by atoms with Crippen molar-refractivity contribution >= 4 is 0 Å². The molecule has 0 aliphatic carbocycles. The molecule has 0 N–H and O–H groups in total. The number of halogens is 2. The van der Waals surface area contributed by atoms with Crippen molar-refractivity contribution in [3.8, 4) is 0 Å². The predicted octanol–water partition coefficient (Wildman–Crippen LogP) is 5.66. The van der Waals surface area contributed by atoms with Crippen molar-refractivity contribution in [1.82, 2.24) is 4.98 Å². The minimum atomic E-state index is -1.03. The average molecular weight is 317 g/mol. The van der Waals surface area contributed by atoms with Gasteiger partial charge in [0.1, 0.15) is 0 Å². The molecule has 0 bridgehead atoms. The second kappa shape index (κ2) is 9.39. The van der Waals surface area contributed by atoms with Gasteiger partial charge in [0.05, 0.1) is 0 Å². The van der Waals surface area contributed by atoms with Gasteiger partial charge in [0, 0.05) is 6.20 Å². The third-order valence-electron chi connectivity index (χ3n) is 4.15. The zero-order chi connectivity index (χ0) is 16.5. The van der Waals surface area contributed by atoms with Gasteiger partial charge in [-0.05, 0) is 48.4 Å². The summed E-state index contributed by atoms with van der Waals surface area (Å²) in [6.07, 6.45) is 10.5. The van der Waals surface area contributed by atoms with Crippen LogP contribution in [0.15, 0.2) is 36.5 Å². The predicted molar refractivity (Wildman–Crippen MR) is 90.5 cm³/mol. The van der Waals surface area contributed by atoms with Crippen molar-refractivity contribution in [2.24, 2.45) is 0 Å². The summed E-state index contributed by atoms with van der Waals surface area (Å²) in [7, 11) is 0. The number of rotatable bonds is 9. The molecule has 0 saturated heterocycles. The fourth-order valence-electron chi connectivity index (χ4n) is 2.69. The maximum atomic E-state index is 13.1. The quantitative estimate of drug-likeness (QED) is 0.430. The highest BCUT2D eigenvalue weighted by Gasteiger charge is 2.04. The summed E-state index contributed by atoms with van der Waals surface area (Å²) in [6, 6.07) is 9.85. The van der Waals surface area contributed by atoms with Crippen LogP contribution in [0.2, 0.25) is 0 Å². The Labute approximate surface area is 137 Å². The Morgan fingerprint density at radius 1 is 0.783 bits per heavy atom. The summed E-state index contributed by atoms with van der Waals surface area (Å²) in [6.45, 7) is 2.23.